The van der Waals surface area contributed by atoms with Crippen LogP contribution in [0, 0.1) is 5.41 Å². The van der Waals surface area contributed by atoms with E-state index in [1.54, 1.807) is 18.2 Å². The second-order valence-electron chi connectivity index (χ2n) is 5.14. The van der Waals surface area contributed by atoms with Gasteiger partial charge in [-0.05, 0) is 33.1 Å². The van der Waals surface area contributed by atoms with Gasteiger partial charge in [0, 0.05) is 12.2 Å². The van der Waals surface area contributed by atoms with Gasteiger partial charge in [-0.15, -0.1) is 0 Å². The van der Waals surface area contributed by atoms with E-state index in [2.05, 4.69) is 0 Å². The monoisotopic (exact) mass is 266 g/mol. The number of rotatable bonds is 7. The van der Waals surface area contributed by atoms with Crippen LogP contribution in [0.15, 0.2) is 23.8 Å². The summed E-state index contributed by atoms with van der Waals surface area (Å²) in [5.74, 6) is -0.937. The first-order valence-corrected chi connectivity index (χ1v) is 6.47. The summed E-state index contributed by atoms with van der Waals surface area (Å²) in [6, 6.07) is 0. The Hall–Kier alpha value is -1.62. The molecular formula is C14H22N2O3. The van der Waals surface area contributed by atoms with Gasteiger partial charge in [-0.25, -0.2) is 0 Å². The molecule has 0 aromatic rings. The molecule has 1 aliphatic carbocycles. The third kappa shape index (κ3) is 4.21. The summed E-state index contributed by atoms with van der Waals surface area (Å²) in [5.41, 5.74) is 10.4. The van der Waals surface area contributed by atoms with Crippen molar-refractivity contribution in [3.8, 4) is 0 Å². The molecule has 2 amide bonds. The fourth-order valence-corrected chi connectivity index (χ4v) is 2.15. The highest BCUT2D eigenvalue weighted by Gasteiger charge is 2.36. The lowest BCUT2D eigenvalue weighted by Gasteiger charge is -2.30. The van der Waals surface area contributed by atoms with Gasteiger partial charge in [0.15, 0.2) is 0 Å². The summed E-state index contributed by atoms with van der Waals surface area (Å²) in [6.45, 7) is 4.48. The molecule has 1 rings (SSSR count). The van der Waals surface area contributed by atoms with Gasteiger partial charge >= 0.3 is 0 Å². The molecule has 106 valence electrons. The molecule has 0 spiro atoms. The maximum atomic E-state index is 11.7. The van der Waals surface area contributed by atoms with Crippen LogP contribution in [0.1, 0.15) is 33.1 Å². The van der Waals surface area contributed by atoms with E-state index in [0.29, 0.717) is 25.0 Å². The van der Waals surface area contributed by atoms with Crippen LogP contribution in [0.2, 0.25) is 0 Å². The third-order valence-corrected chi connectivity index (χ3v) is 3.24. The van der Waals surface area contributed by atoms with Crippen molar-refractivity contribution < 1.29 is 14.3 Å². The number of amides is 2. The van der Waals surface area contributed by atoms with Crippen LogP contribution in [0.4, 0.5) is 0 Å². The Morgan fingerprint density at radius 2 is 2.11 bits per heavy atom. The summed E-state index contributed by atoms with van der Waals surface area (Å²) in [6.07, 6.45) is 6.76. The maximum absolute atomic E-state index is 11.7. The third-order valence-electron chi connectivity index (χ3n) is 3.24. The van der Waals surface area contributed by atoms with Crippen molar-refractivity contribution >= 4 is 11.8 Å². The lowest BCUT2D eigenvalue weighted by molar-refractivity contribution is -0.126. The Kier molecular flexibility index (Phi) is 5.30. The molecule has 0 radical (unpaired) electrons. The topological polar surface area (TPSA) is 95.4 Å². The highest BCUT2D eigenvalue weighted by molar-refractivity contribution is 5.95. The number of carbonyl (C=O) groups excluding carboxylic acids is 2. The first kappa shape index (κ1) is 15.4. The average Bonchev–Trinajstić information content (AvgIpc) is 2.34. The molecule has 5 heteroatoms. The second kappa shape index (κ2) is 6.52. The largest absolute Gasteiger partial charge is 0.379 e. The summed E-state index contributed by atoms with van der Waals surface area (Å²) in [7, 11) is 0. The maximum Gasteiger partial charge on any atom is 0.244 e. The molecule has 0 aliphatic heterocycles. The first-order chi connectivity index (χ1) is 8.87. The predicted molar refractivity (Wildman–Crippen MR) is 73.0 cm³/mol. The normalized spacial score (nSPS) is 22.4. The molecular weight excluding hydrogens is 244 g/mol. The Labute approximate surface area is 113 Å². The molecule has 0 heterocycles. The van der Waals surface area contributed by atoms with Crippen LogP contribution in [0.3, 0.4) is 0 Å². The molecule has 0 aromatic carbocycles. The average molecular weight is 266 g/mol. The van der Waals surface area contributed by atoms with E-state index in [-0.39, 0.29) is 12.5 Å². The number of ether oxygens (including phenoxy) is 1. The van der Waals surface area contributed by atoms with Crippen LogP contribution in [0.25, 0.3) is 0 Å². The van der Waals surface area contributed by atoms with Crippen molar-refractivity contribution in [2.24, 2.45) is 16.9 Å². The van der Waals surface area contributed by atoms with E-state index in [1.165, 1.54) is 0 Å². The molecule has 1 aliphatic rings. The van der Waals surface area contributed by atoms with E-state index >= 15 is 0 Å². The minimum Gasteiger partial charge on any atom is -0.379 e. The van der Waals surface area contributed by atoms with Gasteiger partial charge in [0.2, 0.25) is 11.8 Å². The molecule has 19 heavy (non-hydrogen) atoms. The Bertz CT molecular complexity index is 413. The zero-order chi connectivity index (χ0) is 14.5. The Morgan fingerprint density at radius 3 is 2.63 bits per heavy atom. The fourth-order valence-electron chi connectivity index (χ4n) is 2.15. The summed E-state index contributed by atoms with van der Waals surface area (Å²) < 4.78 is 5.45. The molecule has 0 saturated carbocycles. The van der Waals surface area contributed by atoms with E-state index < -0.39 is 17.2 Å². The second-order valence-corrected chi connectivity index (χ2v) is 5.14. The number of allylic oxidation sites excluding steroid dienone is 2. The zero-order valence-electron chi connectivity index (χ0n) is 11.5. The van der Waals surface area contributed by atoms with Crippen molar-refractivity contribution in [3.05, 3.63) is 23.8 Å². The molecule has 0 aromatic heterocycles. The van der Waals surface area contributed by atoms with Crippen molar-refractivity contribution in [1.29, 1.82) is 0 Å². The van der Waals surface area contributed by atoms with E-state index in [1.807, 2.05) is 13.8 Å². The number of nitrogens with two attached hydrogens (primary N) is 2. The van der Waals surface area contributed by atoms with Crippen LogP contribution in [-0.2, 0) is 14.3 Å². The highest BCUT2D eigenvalue weighted by atomic mass is 16.5. The number of hydrogen-bond donors (Lipinski definition) is 2. The lowest BCUT2D eigenvalue weighted by Crippen LogP contribution is -2.38. The van der Waals surface area contributed by atoms with E-state index in [0.717, 1.165) is 0 Å². The fraction of sp³-hybridized carbons (Fsp3) is 0.571. The van der Waals surface area contributed by atoms with Gasteiger partial charge in [0.05, 0.1) is 11.5 Å². The minimum absolute atomic E-state index is 0.160. The van der Waals surface area contributed by atoms with Gasteiger partial charge in [-0.2, -0.15) is 0 Å². The number of hydrogen-bond acceptors (Lipinski definition) is 3. The number of primary amides is 2. The lowest BCUT2D eigenvalue weighted by atomic mass is 9.74. The van der Waals surface area contributed by atoms with Gasteiger partial charge < -0.3 is 16.2 Å². The van der Waals surface area contributed by atoms with Crippen LogP contribution >= 0.6 is 0 Å². The molecule has 0 saturated heterocycles. The molecule has 5 nitrogen and oxygen atoms in total. The zero-order valence-corrected chi connectivity index (χ0v) is 11.5. The Balaban J connectivity index is 2.67. The summed E-state index contributed by atoms with van der Waals surface area (Å²) in [4.78, 5) is 23.0. The van der Waals surface area contributed by atoms with Gasteiger partial charge in [-0.3, -0.25) is 9.59 Å². The van der Waals surface area contributed by atoms with Crippen molar-refractivity contribution in [2.75, 3.05) is 6.61 Å². The summed E-state index contributed by atoms with van der Waals surface area (Å²) in [5, 5.41) is 0. The first-order valence-electron chi connectivity index (χ1n) is 6.47. The molecule has 0 fully saturated rings. The van der Waals surface area contributed by atoms with Gasteiger partial charge in [0.25, 0.3) is 0 Å². The number of carbonyl (C=O) groups is 2. The van der Waals surface area contributed by atoms with E-state index in [4.69, 9.17) is 16.2 Å². The smallest absolute Gasteiger partial charge is 0.244 e. The molecule has 1 unspecified atom stereocenters. The van der Waals surface area contributed by atoms with Crippen molar-refractivity contribution in [3.63, 3.8) is 0 Å². The van der Waals surface area contributed by atoms with Gasteiger partial charge in [-0.1, -0.05) is 18.2 Å². The van der Waals surface area contributed by atoms with E-state index in [9.17, 15) is 9.59 Å². The Morgan fingerprint density at radius 1 is 1.42 bits per heavy atom. The van der Waals surface area contributed by atoms with Crippen molar-refractivity contribution in [1.82, 2.24) is 0 Å². The standard InChI is InChI=1S/C14H22N2O3/c1-10(2)19-8-4-7-14(13(16)18)6-3-5-11(9-14)12(15)17/h3,5-6,10H,4,7-9H2,1-2H3,(H2,15,17)(H2,16,18). The SMILES string of the molecule is CC(C)OCCCC1(C(N)=O)C=CC=C(C(N)=O)C1. The van der Waals surface area contributed by atoms with Crippen LogP contribution in [0.5, 0.6) is 0 Å². The van der Waals surface area contributed by atoms with Crippen LogP contribution in [-0.4, -0.2) is 24.5 Å². The van der Waals surface area contributed by atoms with Gasteiger partial charge in [0.1, 0.15) is 0 Å². The predicted octanol–water partition coefficient (Wildman–Crippen LogP) is 1.03. The quantitative estimate of drug-likeness (QED) is 0.674. The molecule has 1 atom stereocenters. The van der Waals surface area contributed by atoms with Crippen LogP contribution < -0.4 is 11.5 Å². The molecule has 0 bridgehead atoms. The summed E-state index contributed by atoms with van der Waals surface area (Å²) >= 11 is 0. The minimum atomic E-state index is -0.820. The molecule has 4 N–H and O–H groups in total. The van der Waals surface area contributed by atoms with Crippen molar-refractivity contribution in [2.45, 2.75) is 39.2 Å². The highest BCUT2D eigenvalue weighted by Crippen LogP contribution is 2.36.